The van der Waals surface area contributed by atoms with E-state index in [1.807, 2.05) is 50.2 Å². The van der Waals surface area contributed by atoms with Crippen LogP contribution in [-0.4, -0.2) is 46.3 Å². The zero-order chi connectivity index (χ0) is 21.1. The molecule has 30 heavy (non-hydrogen) atoms. The number of ether oxygens (including phenoxy) is 1. The number of hydrogen-bond donors (Lipinski definition) is 0. The second kappa shape index (κ2) is 8.93. The molecule has 0 aliphatic carbocycles. The average Bonchev–Trinajstić information content (AvgIpc) is 3.14. The van der Waals surface area contributed by atoms with Gasteiger partial charge in [0.2, 0.25) is 5.89 Å². The lowest BCUT2D eigenvalue weighted by Crippen LogP contribution is -2.40. The standard InChI is InChI=1S/C23H24N2O4S/c1-16-3-9-20(10-4-16)30(27)15-21-17(2)29-22(24-21)18-5-7-19(8-6-18)23(26)25-11-13-28-14-12-25/h3-10H,11-15H2,1-2H3. The number of aryl methyl sites for hydroxylation is 2. The van der Waals surface area contributed by atoms with Gasteiger partial charge in [-0.1, -0.05) is 17.7 Å². The third kappa shape index (κ3) is 4.52. The van der Waals surface area contributed by atoms with Gasteiger partial charge in [-0.25, -0.2) is 4.98 Å². The van der Waals surface area contributed by atoms with Gasteiger partial charge < -0.3 is 14.1 Å². The number of nitrogens with zero attached hydrogens (tertiary/aromatic N) is 2. The van der Waals surface area contributed by atoms with Crippen molar-refractivity contribution in [2.24, 2.45) is 0 Å². The molecule has 6 nitrogen and oxygen atoms in total. The molecule has 0 spiro atoms. The molecule has 0 bridgehead atoms. The molecule has 2 aromatic carbocycles. The maximum absolute atomic E-state index is 12.7. The number of morpholine rings is 1. The average molecular weight is 425 g/mol. The summed E-state index contributed by atoms with van der Waals surface area (Å²) in [5.41, 5.74) is 3.22. The van der Waals surface area contributed by atoms with E-state index in [4.69, 9.17) is 9.15 Å². The smallest absolute Gasteiger partial charge is 0.254 e. The molecular weight excluding hydrogens is 400 g/mol. The lowest BCUT2D eigenvalue weighted by atomic mass is 10.1. The summed E-state index contributed by atoms with van der Waals surface area (Å²) in [5.74, 6) is 1.42. The van der Waals surface area contributed by atoms with Crippen LogP contribution in [0.5, 0.6) is 0 Å². The lowest BCUT2D eigenvalue weighted by molar-refractivity contribution is 0.0303. The minimum absolute atomic E-state index is 0.00242. The van der Waals surface area contributed by atoms with Crippen molar-refractivity contribution in [1.29, 1.82) is 0 Å². The van der Waals surface area contributed by atoms with Crippen LogP contribution >= 0.6 is 0 Å². The molecule has 0 radical (unpaired) electrons. The number of oxazole rings is 1. The van der Waals surface area contributed by atoms with E-state index in [9.17, 15) is 9.00 Å². The fourth-order valence-electron chi connectivity index (χ4n) is 3.29. The van der Waals surface area contributed by atoms with Gasteiger partial charge in [0.1, 0.15) is 5.76 Å². The van der Waals surface area contributed by atoms with E-state index in [2.05, 4.69) is 4.98 Å². The minimum atomic E-state index is -1.19. The predicted molar refractivity (Wildman–Crippen MR) is 115 cm³/mol. The molecule has 156 valence electrons. The summed E-state index contributed by atoms with van der Waals surface area (Å²) in [6, 6.07) is 14.9. The fourth-order valence-corrected chi connectivity index (χ4v) is 4.41. The summed E-state index contributed by atoms with van der Waals surface area (Å²) >= 11 is 0. The molecule has 1 aliphatic rings. The molecule has 1 saturated heterocycles. The maximum atomic E-state index is 12.7. The number of carbonyl (C=O) groups is 1. The van der Waals surface area contributed by atoms with Gasteiger partial charge in [-0.15, -0.1) is 0 Å². The van der Waals surface area contributed by atoms with E-state index >= 15 is 0 Å². The number of hydrogen-bond acceptors (Lipinski definition) is 5. The highest BCUT2D eigenvalue weighted by Gasteiger charge is 2.19. The van der Waals surface area contributed by atoms with Crippen LogP contribution < -0.4 is 0 Å². The van der Waals surface area contributed by atoms with Crippen molar-refractivity contribution in [2.75, 3.05) is 26.3 Å². The highest BCUT2D eigenvalue weighted by molar-refractivity contribution is 7.84. The lowest BCUT2D eigenvalue weighted by Gasteiger charge is -2.26. The van der Waals surface area contributed by atoms with Crippen molar-refractivity contribution < 1.29 is 18.2 Å². The Bertz CT molecular complexity index is 1050. The molecule has 4 rings (SSSR count). The molecule has 1 aliphatic heterocycles. The molecule has 1 atom stereocenters. The number of rotatable bonds is 5. The molecule has 2 heterocycles. The predicted octanol–water partition coefficient (Wildman–Crippen LogP) is 3.74. The molecule has 1 unspecified atom stereocenters. The van der Waals surface area contributed by atoms with Gasteiger partial charge in [-0.2, -0.15) is 0 Å². The zero-order valence-corrected chi connectivity index (χ0v) is 17.9. The van der Waals surface area contributed by atoms with Crippen LogP contribution in [0.4, 0.5) is 0 Å². The Hall–Kier alpha value is -2.77. The highest BCUT2D eigenvalue weighted by Crippen LogP contribution is 2.24. The highest BCUT2D eigenvalue weighted by atomic mass is 32.2. The first-order valence-corrected chi connectivity index (χ1v) is 11.2. The quantitative estimate of drug-likeness (QED) is 0.624. The van der Waals surface area contributed by atoms with Gasteiger partial charge in [-0.3, -0.25) is 9.00 Å². The molecule has 0 N–H and O–H groups in total. The first-order chi connectivity index (χ1) is 14.5. The summed E-state index contributed by atoms with van der Waals surface area (Å²) in [5, 5.41) is 0. The number of amides is 1. The Morgan fingerprint density at radius 1 is 1.03 bits per heavy atom. The van der Waals surface area contributed by atoms with E-state index in [1.165, 1.54) is 0 Å². The van der Waals surface area contributed by atoms with Gasteiger partial charge in [0.15, 0.2) is 0 Å². The second-order valence-corrected chi connectivity index (χ2v) is 8.76. The molecule has 3 aromatic rings. The third-order valence-corrected chi connectivity index (χ3v) is 6.46. The van der Waals surface area contributed by atoms with Crippen molar-refractivity contribution in [2.45, 2.75) is 24.5 Å². The first-order valence-electron chi connectivity index (χ1n) is 9.90. The fraction of sp³-hybridized carbons (Fsp3) is 0.304. The number of aromatic nitrogens is 1. The van der Waals surface area contributed by atoms with E-state index in [0.29, 0.717) is 55.0 Å². The van der Waals surface area contributed by atoms with E-state index in [0.717, 1.165) is 16.0 Å². The van der Waals surface area contributed by atoms with Crippen LogP contribution in [0.15, 0.2) is 57.8 Å². The maximum Gasteiger partial charge on any atom is 0.254 e. The van der Waals surface area contributed by atoms with Gasteiger partial charge >= 0.3 is 0 Å². The molecule has 7 heteroatoms. The van der Waals surface area contributed by atoms with Crippen molar-refractivity contribution in [1.82, 2.24) is 9.88 Å². The van der Waals surface area contributed by atoms with E-state index < -0.39 is 10.8 Å². The van der Waals surface area contributed by atoms with Crippen molar-refractivity contribution in [3.8, 4) is 11.5 Å². The molecular formula is C23H24N2O4S. The van der Waals surface area contributed by atoms with Crippen molar-refractivity contribution >= 4 is 16.7 Å². The molecule has 1 fully saturated rings. The molecule has 1 aromatic heterocycles. The van der Waals surface area contributed by atoms with Crippen LogP contribution in [0.1, 0.15) is 27.4 Å². The molecule has 0 saturated carbocycles. The second-order valence-electron chi connectivity index (χ2n) is 7.31. The van der Waals surface area contributed by atoms with Gasteiger partial charge in [0.05, 0.1) is 35.5 Å². The Morgan fingerprint density at radius 2 is 1.70 bits per heavy atom. The Labute approximate surface area is 178 Å². The minimum Gasteiger partial charge on any atom is -0.441 e. The Kier molecular flexibility index (Phi) is 6.11. The topological polar surface area (TPSA) is 72.6 Å². The molecule has 1 amide bonds. The van der Waals surface area contributed by atoms with Crippen LogP contribution in [-0.2, 0) is 21.3 Å². The van der Waals surface area contributed by atoms with Gasteiger partial charge in [0, 0.05) is 29.1 Å². The monoisotopic (exact) mass is 424 g/mol. The summed E-state index contributed by atoms with van der Waals surface area (Å²) in [6.07, 6.45) is 0. The summed E-state index contributed by atoms with van der Waals surface area (Å²) in [7, 11) is -1.19. The first kappa shape index (κ1) is 20.5. The number of benzene rings is 2. The van der Waals surface area contributed by atoms with Gasteiger partial charge in [-0.05, 0) is 50.2 Å². The normalized spacial score (nSPS) is 15.2. The third-order valence-electron chi connectivity index (χ3n) is 5.12. The Balaban J connectivity index is 1.47. The van der Waals surface area contributed by atoms with Crippen LogP contribution in [0, 0.1) is 13.8 Å². The summed E-state index contributed by atoms with van der Waals surface area (Å²) in [6.45, 7) is 6.20. The van der Waals surface area contributed by atoms with Crippen LogP contribution in [0.25, 0.3) is 11.5 Å². The Morgan fingerprint density at radius 3 is 2.37 bits per heavy atom. The van der Waals surface area contributed by atoms with E-state index in [-0.39, 0.29) is 5.91 Å². The van der Waals surface area contributed by atoms with Crippen molar-refractivity contribution in [3.63, 3.8) is 0 Å². The summed E-state index contributed by atoms with van der Waals surface area (Å²) < 4.78 is 23.8. The largest absolute Gasteiger partial charge is 0.441 e. The van der Waals surface area contributed by atoms with Crippen LogP contribution in [0.2, 0.25) is 0 Å². The number of carbonyl (C=O) groups excluding carboxylic acids is 1. The summed E-state index contributed by atoms with van der Waals surface area (Å²) in [4.78, 5) is 19.7. The van der Waals surface area contributed by atoms with Gasteiger partial charge in [0.25, 0.3) is 5.91 Å². The van der Waals surface area contributed by atoms with Crippen LogP contribution in [0.3, 0.4) is 0 Å². The SMILES string of the molecule is Cc1ccc(S(=O)Cc2nc(-c3ccc(C(=O)N4CCOCC4)cc3)oc2C)cc1. The zero-order valence-electron chi connectivity index (χ0n) is 17.1. The van der Waals surface area contributed by atoms with E-state index in [1.54, 1.807) is 17.0 Å². The van der Waals surface area contributed by atoms with Crippen molar-refractivity contribution in [3.05, 3.63) is 71.1 Å².